The van der Waals surface area contributed by atoms with Crippen LogP contribution in [0.15, 0.2) is 66.7 Å². The fourth-order valence-corrected chi connectivity index (χ4v) is 5.01. The van der Waals surface area contributed by atoms with E-state index in [2.05, 4.69) is 61.2 Å². The number of aryl methyl sites for hydroxylation is 1. The summed E-state index contributed by atoms with van der Waals surface area (Å²) in [5.74, 6) is -0.308. The smallest absolute Gasteiger partial charge is 0.333 e. The van der Waals surface area contributed by atoms with Gasteiger partial charge in [0.2, 0.25) is 0 Å². The highest BCUT2D eigenvalue weighted by Crippen LogP contribution is 2.48. The first kappa shape index (κ1) is 16.6. The molecule has 0 saturated carbocycles. The number of carbonyl (C=O) groups excluding carboxylic acids is 1. The Morgan fingerprint density at radius 1 is 0.793 bits per heavy atom. The molecule has 0 fully saturated rings. The van der Waals surface area contributed by atoms with E-state index < -0.39 is 0 Å². The predicted octanol–water partition coefficient (Wildman–Crippen LogP) is 6.82. The molecular formula is C27H20O2. The van der Waals surface area contributed by atoms with Crippen LogP contribution in [0.3, 0.4) is 0 Å². The van der Waals surface area contributed by atoms with Crippen molar-refractivity contribution in [1.82, 2.24) is 0 Å². The van der Waals surface area contributed by atoms with Crippen LogP contribution in [0.5, 0.6) is 0 Å². The third-order valence-electron chi connectivity index (χ3n) is 6.28. The summed E-state index contributed by atoms with van der Waals surface area (Å²) in [6.45, 7) is 5.74. The number of carbonyl (C=O) groups is 1. The SMILES string of the molecule is C=C(C)C(=O)OCCCc1cc2ccc3ccc4ccc5ccc1c1c5c4c3c21. The normalized spacial score (nSPS) is 12.3. The van der Waals surface area contributed by atoms with Crippen molar-refractivity contribution >= 4 is 59.8 Å². The van der Waals surface area contributed by atoms with Crippen molar-refractivity contribution in [2.45, 2.75) is 19.8 Å². The maximum absolute atomic E-state index is 11.6. The summed E-state index contributed by atoms with van der Waals surface area (Å²) in [7, 11) is 0. The predicted molar refractivity (Wildman–Crippen MR) is 122 cm³/mol. The number of benzene rings is 5. The third-order valence-corrected chi connectivity index (χ3v) is 6.28. The average molecular weight is 376 g/mol. The largest absolute Gasteiger partial charge is 0.462 e. The van der Waals surface area contributed by atoms with E-state index in [0.717, 1.165) is 12.8 Å². The second-order valence-electron chi connectivity index (χ2n) is 8.13. The zero-order valence-corrected chi connectivity index (χ0v) is 16.3. The summed E-state index contributed by atoms with van der Waals surface area (Å²) in [6, 6.07) is 20.3. The number of esters is 1. The van der Waals surface area contributed by atoms with Gasteiger partial charge < -0.3 is 4.74 Å². The van der Waals surface area contributed by atoms with Gasteiger partial charge in [-0.25, -0.2) is 4.79 Å². The van der Waals surface area contributed by atoms with E-state index in [1.807, 2.05) is 0 Å². The van der Waals surface area contributed by atoms with Crippen LogP contribution in [-0.4, -0.2) is 12.6 Å². The van der Waals surface area contributed by atoms with Gasteiger partial charge in [0, 0.05) is 5.57 Å². The molecular weight excluding hydrogens is 356 g/mol. The molecule has 0 unspecified atom stereocenters. The van der Waals surface area contributed by atoms with Gasteiger partial charge in [0.05, 0.1) is 6.61 Å². The van der Waals surface area contributed by atoms with Gasteiger partial charge in [-0.2, -0.15) is 0 Å². The number of ether oxygens (including phenoxy) is 1. The molecule has 0 aliphatic rings. The Morgan fingerprint density at radius 2 is 1.31 bits per heavy atom. The first-order chi connectivity index (χ1) is 14.1. The summed E-state index contributed by atoms with van der Waals surface area (Å²) >= 11 is 0. The van der Waals surface area contributed by atoms with E-state index in [9.17, 15) is 4.79 Å². The van der Waals surface area contributed by atoms with E-state index in [-0.39, 0.29) is 5.97 Å². The molecule has 0 radical (unpaired) electrons. The molecule has 0 heterocycles. The Morgan fingerprint density at radius 3 is 1.93 bits per heavy atom. The molecule has 2 heteroatoms. The molecule has 29 heavy (non-hydrogen) atoms. The topological polar surface area (TPSA) is 26.3 Å². The monoisotopic (exact) mass is 376 g/mol. The molecule has 0 saturated heterocycles. The van der Waals surface area contributed by atoms with Crippen LogP contribution in [-0.2, 0) is 16.0 Å². The molecule has 0 aliphatic carbocycles. The summed E-state index contributed by atoms with van der Waals surface area (Å²) in [5.41, 5.74) is 1.77. The van der Waals surface area contributed by atoms with Gasteiger partial charge in [0.1, 0.15) is 0 Å². The van der Waals surface area contributed by atoms with E-state index in [1.165, 1.54) is 59.4 Å². The lowest BCUT2D eigenvalue weighted by Gasteiger charge is -2.11. The van der Waals surface area contributed by atoms with Crippen LogP contribution in [0.4, 0.5) is 0 Å². The second-order valence-corrected chi connectivity index (χ2v) is 8.13. The molecule has 0 N–H and O–H groups in total. The fraction of sp³-hybridized carbons (Fsp3) is 0.148. The van der Waals surface area contributed by atoms with Crippen molar-refractivity contribution < 1.29 is 9.53 Å². The Kier molecular flexibility index (Phi) is 3.31. The maximum atomic E-state index is 11.6. The van der Waals surface area contributed by atoms with Crippen LogP contribution in [0.25, 0.3) is 53.9 Å². The van der Waals surface area contributed by atoms with Crippen molar-refractivity contribution in [3.63, 3.8) is 0 Å². The molecule has 0 aromatic heterocycles. The van der Waals surface area contributed by atoms with Gasteiger partial charge in [0.25, 0.3) is 0 Å². The van der Waals surface area contributed by atoms with Crippen molar-refractivity contribution in [3.8, 4) is 0 Å². The Bertz CT molecular complexity index is 1500. The molecule has 6 aromatic rings. The Hall–Kier alpha value is -3.39. The van der Waals surface area contributed by atoms with E-state index in [0.29, 0.717) is 12.2 Å². The van der Waals surface area contributed by atoms with Crippen LogP contribution in [0.2, 0.25) is 0 Å². The molecule has 0 atom stereocenters. The Labute approximate surface area is 168 Å². The zero-order valence-electron chi connectivity index (χ0n) is 16.3. The van der Waals surface area contributed by atoms with E-state index in [1.54, 1.807) is 6.92 Å². The minimum Gasteiger partial charge on any atom is -0.462 e. The Balaban J connectivity index is 1.54. The van der Waals surface area contributed by atoms with Gasteiger partial charge in [-0.05, 0) is 79.2 Å². The minimum absolute atomic E-state index is 0.308. The lowest BCUT2D eigenvalue weighted by Crippen LogP contribution is -2.07. The highest BCUT2D eigenvalue weighted by atomic mass is 16.5. The number of hydrogen-bond donors (Lipinski definition) is 0. The average Bonchev–Trinajstić information content (AvgIpc) is 3.10. The fourth-order valence-electron chi connectivity index (χ4n) is 5.01. The molecule has 0 amide bonds. The highest BCUT2D eigenvalue weighted by molar-refractivity contribution is 6.44. The first-order valence-electron chi connectivity index (χ1n) is 10.1. The lowest BCUT2D eigenvalue weighted by atomic mass is 9.93. The maximum Gasteiger partial charge on any atom is 0.333 e. The summed E-state index contributed by atoms with van der Waals surface area (Å²) < 4.78 is 5.30. The van der Waals surface area contributed by atoms with Crippen molar-refractivity contribution in [2.24, 2.45) is 0 Å². The van der Waals surface area contributed by atoms with Crippen LogP contribution in [0, 0.1) is 0 Å². The summed E-state index contributed by atoms with van der Waals surface area (Å²) in [4.78, 5) is 11.6. The van der Waals surface area contributed by atoms with Gasteiger partial charge in [-0.3, -0.25) is 0 Å². The number of hydrogen-bond acceptors (Lipinski definition) is 2. The van der Waals surface area contributed by atoms with E-state index >= 15 is 0 Å². The third kappa shape index (κ3) is 2.20. The minimum atomic E-state index is -0.308. The zero-order chi connectivity index (χ0) is 19.7. The standard InChI is InChI=1S/C27H20O2/c1-15(2)27(28)29-13-3-4-19-14-20-10-9-17-6-5-16-7-8-18-11-12-21(19)26-24(18)22(16)23(17)25(20)26/h5-12,14H,1,3-4,13H2,2H3. The van der Waals surface area contributed by atoms with Gasteiger partial charge in [0.15, 0.2) is 0 Å². The molecule has 0 bridgehead atoms. The van der Waals surface area contributed by atoms with Gasteiger partial charge >= 0.3 is 5.97 Å². The quantitative estimate of drug-likeness (QED) is 0.143. The van der Waals surface area contributed by atoms with Gasteiger partial charge in [-0.15, -0.1) is 0 Å². The molecule has 140 valence electrons. The highest BCUT2D eigenvalue weighted by Gasteiger charge is 2.21. The van der Waals surface area contributed by atoms with Crippen LogP contribution < -0.4 is 0 Å². The molecule has 6 aromatic carbocycles. The number of rotatable bonds is 5. The molecule has 0 aliphatic heterocycles. The van der Waals surface area contributed by atoms with Gasteiger partial charge in [-0.1, -0.05) is 61.2 Å². The van der Waals surface area contributed by atoms with Crippen molar-refractivity contribution in [3.05, 3.63) is 72.3 Å². The van der Waals surface area contributed by atoms with Crippen LogP contribution >= 0.6 is 0 Å². The van der Waals surface area contributed by atoms with Crippen LogP contribution in [0.1, 0.15) is 18.9 Å². The second kappa shape index (κ2) is 5.81. The summed E-state index contributed by atoms with van der Waals surface area (Å²) in [5, 5.41) is 13.6. The van der Waals surface area contributed by atoms with Crippen molar-refractivity contribution in [1.29, 1.82) is 0 Å². The summed E-state index contributed by atoms with van der Waals surface area (Å²) in [6.07, 6.45) is 1.68. The molecule has 2 nitrogen and oxygen atoms in total. The van der Waals surface area contributed by atoms with Crippen molar-refractivity contribution in [2.75, 3.05) is 6.61 Å². The molecule has 0 spiro atoms. The lowest BCUT2D eigenvalue weighted by molar-refractivity contribution is -0.139. The van der Waals surface area contributed by atoms with E-state index in [4.69, 9.17) is 4.74 Å². The molecule has 6 rings (SSSR count). The first-order valence-corrected chi connectivity index (χ1v) is 10.1.